The van der Waals surface area contributed by atoms with Gasteiger partial charge in [0.15, 0.2) is 0 Å². The van der Waals surface area contributed by atoms with Crippen LogP contribution in [0.25, 0.3) is 0 Å². The number of halogens is 1. The van der Waals surface area contributed by atoms with Crippen molar-refractivity contribution >= 4 is 33.2 Å². The van der Waals surface area contributed by atoms with E-state index < -0.39 is 10.0 Å². The third kappa shape index (κ3) is 4.23. The highest BCUT2D eigenvalue weighted by Crippen LogP contribution is 2.30. The molecule has 0 atom stereocenters. The van der Waals surface area contributed by atoms with Gasteiger partial charge in [0.2, 0.25) is 0 Å². The van der Waals surface area contributed by atoms with Crippen molar-refractivity contribution in [1.82, 2.24) is 4.90 Å². The quantitative estimate of drug-likeness (QED) is 0.655. The fourth-order valence-corrected chi connectivity index (χ4v) is 5.22. The van der Waals surface area contributed by atoms with Gasteiger partial charge in [-0.1, -0.05) is 35.9 Å². The zero-order chi connectivity index (χ0) is 20.1. The Morgan fingerprint density at radius 3 is 2.43 bits per heavy atom. The third-order valence-corrected chi connectivity index (χ3v) is 7.00. The van der Waals surface area contributed by atoms with Crippen LogP contribution in [0.2, 0.25) is 5.02 Å². The predicted octanol–water partition coefficient (Wildman–Crippen LogP) is 4.35. The van der Waals surface area contributed by atoms with Crippen molar-refractivity contribution in [1.29, 1.82) is 0 Å². The molecule has 1 saturated heterocycles. The molecule has 5 nitrogen and oxygen atoms in total. The average molecular weight is 419 g/mol. The number of piperidine rings is 1. The van der Waals surface area contributed by atoms with Gasteiger partial charge in [0, 0.05) is 18.7 Å². The third-order valence-electron chi connectivity index (χ3n) is 4.73. The Morgan fingerprint density at radius 2 is 1.79 bits per heavy atom. The van der Waals surface area contributed by atoms with E-state index in [2.05, 4.69) is 6.58 Å². The lowest BCUT2D eigenvalue weighted by Crippen LogP contribution is -2.36. The molecule has 1 aliphatic heterocycles. The molecule has 28 heavy (non-hydrogen) atoms. The minimum atomic E-state index is -3.97. The maximum Gasteiger partial charge on any atom is 0.266 e. The normalized spacial score (nSPS) is 14.5. The lowest BCUT2D eigenvalue weighted by Gasteiger charge is -2.27. The smallest absolute Gasteiger partial charge is 0.266 e. The van der Waals surface area contributed by atoms with Crippen LogP contribution in [-0.4, -0.2) is 38.9 Å². The van der Waals surface area contributed by atoms with E-state index in [0.29, 0.717) is 24.3 Å². The van der Waals surface area contributed by atoms with Gasteiger partial charge in [-0.3, -0.25) is 9.10 Å². The van der Waals surface area contributed by atoms with Crippen molar-refractivity contribution in [2.45, 2.75) is 24.2 Å². The topological polar surface area (TPSA) is 57.7 Å². The molecule has 2 aromatic rings. The molecule has 0 unspecified atom stereocenters. The van der Waals surface area contributed by atoms with Crippen molar-refractivity contribution in [3.63, 3.8) is 0 Å². The fraction of sp³-hybridized carbons (Fsp3) is 0.286. The first kappa shape index (κ1) is 20.4. The van der Waals surface area contributed by atoms with E-state index in [1.54, 1.807) is 35.2 Å². The minimum Gasteiger partial charge on any atom is -0.339 e. The molecule has 0 N–H and O–H groups in total. The average Bonchev–Trinajstić information content (AvgIpc) is 2.73. The molecule has 0 bridgehead atoms. The maximum atomic E-state index is 13.4. The molecule has 0 aromatic heterocycles. The number of sulfonamides is 1. The van der Waals surface area contributed by atoms with Gasteiger partial charge in [0.25, 0.3) is 15.9 Å². The van der Waals surface area contributed by atoms with Crippen LogP contribution in [0.1, 0.15) is 29.6 Å². The summed E-state index contributed by atoms with van der Waals surface area (Å²) < 4.78 is 28.0. The zero-order valence-electron chi connectivity index (χ0n) is 15.6. The Balaban J connectivity index is 2.00. The zero-order valence-corrected chi connectivity index (χ0v) is 17.1. The van der Waals surface area contributed by atoms with Gasteiger partial charge in [0.05, 0.1) is 17.3 Å². The van der Waals surface area contributed by atoms with E-state index in [-0.39, 0.29) is 22.4 Å². The van der Waals surface area contributed by atoms with Gasteiger partial charge >= 0.3 is 0 Å². The number of para-hydroxylation sites is 1. The van der Waals surface area contributed by atoms with Crippen molar-refractivity contribution in [2.24, 2.45) is 0 Å². The van der Waals surface area contributed by atoms with Gasteiger partial charge in [0.1, 0.15) is 4.90 Å². The minimum absolute atomic E-state index is 0.0808. The molecule has 7 heteroatoms. The largest absolute Gasteiger partial charge is 0.339 e. The number of anilines is 1. The first-order valence-corrected chi connectivity index (χ1v) is 11.0. The summed E-state index contributed by atoms with van der Waals surface area (Å²) in [5, 5.41) is 0.0835. The van der Waals surface area contributed by atoms with E-state index in [1.165, 1.54) is 22.5 Å². The lowest BCUT2D eigenvalue weighted by atomic mass is 10.1. The van der Waals surface area contributed by atoms with Gasteiger partial charge < -0.3 is 4.90 Å². The number of benzene rings is 2. The molecular weight excluding hydrogens is 396 g/mol. The number of carbonyl (C=O) groups is 1. The van der Waals surface area contributed by atoms with E-state index >= 15 is 0 Å². The molecule has 1 heterocycles. The second-order valence-electron chi connectivity index (χ2n) is 6.66. The lowest BCUT2D eigenvalue weighted by molar-refractivity contribution is 0.0724. The Hall–Kier alpha value is -2.31. The number of rotatable bonds is 6. The number of amides is 1. The van der Waals surface area contributed by atoms with Gasteiger partial charge in [-0.15, -0.1) is 6.58 Å². The summed E-state index contributed by atoms with van der Waals surface area (Å²) >= 11 is 6.25. The van der Waals surface area contributed by atoms with E-state index in [4.69, 9.17) is 11.6 Å². The maximum absolute atomic E-state index is 13.4. The van der Waals surface area contributed by atoms with Crippen LogP contribution in [0, 0.1) is 0 Å². The Kier molecular flexibility index (Phi) is 6.42. The molecule has 1 amide bonds. The molecule has 0 saturated carbocycles. The highest BCUT2D eigenvalue weighted by Gasteiger charge is 2.28. The van der Waals surface area contributed by atoms with Crippen LogP contribution in [0.15, 0.2) is 66.1 Å². The van der Waals surface area contributed by atoms with Crippen LogP contribution in [0.3, 0.4) is 0 Å². The SMILES string of the molecule is C=CCN(c1ccccc1)S(=O)(=O)c1cc(C(=O)N2CCCCC2)ccc1Cl. The van der Waals surface area contributed by atoms with Crippen molar-refractivity contribution in [3.8, 4) is 0 Å². The summed E-state index contributed by atoms with van der Waals surface area (Å²) in [5.74, 6) is -0.164. The van der Waals surface area contributed by atoms with Gasteiger partial charge in [-0.05, 0) is 49.6 Å². The first-order chi connectivity index (χ1) is 13.4. The molecule has 1 aliphatic rings. The number of hydrogen-bond acceptors (Lipinski definition) is 3. The van der Waals surface area contributed by atoms with Gasteiger partial charge in [-0.2, -0.15) is 0 Å². The van der Waals surface area contributed by atoms with Crippen LogP contribution in [-0.2, 0) is 10.0 Å². The van der Waals surface area contributed by atoms with Crippen LogP contribution in [0.4, 0.5) is 5.69 Å². The molecule has 0 spiro atoms. The predicted molar refractivity (Wildman–Crippen MR) is 112 cm³/mol. The number of hydrogen-bond donors (Lipinski definition) is 0. The summed E-state index contributed by atoms with van der Waals surface area (Å²) in [4.78, 5) is 14.5. The Bertz CT molecular complexity index is 955. The second kappa shape index (κ2) is 8.80. The Labute approximate surface area is 171 Å². The monoisotopic (exact) mass is 418 g/mol. The number of likely N-dealkylation sites (tertiary alicyclic amines) is 1. The van der Waals surface area contributed by atoms with Crippen LogP contribution in [0.5, 0.6) is 0 Å². The molecule has 2 aromatic carbocycles. The molecule has 0 aliphatic carbocycles. The summed E-state index contributed by atoms with van der Waals surface area (Å²) in [6, 6.07) is 13.2. The van der Waals surface area contributed by atoms with Crippen LogP contribution < -0.4 is 4.31 Å². The van der Waals surface area contributed by atoms with Crippen molar-refractivity contribution in [3.05, 3.63) is 71.8 Å². The number of carbonyl (C=O) groups excluding carboxylic acids is 1. The Morgan fingerprint density at radius 1 is 1.11 bits per heavy atom. The van der Waals surface area contributed by atoms with Crippen molar-refractivity contribution < 1.29 is 13.2 Å². The highest BCUT2D eigenvalue weighted by molar-refractivity contribution is 7.93. The summed E-state index contributed by atoms with van der Waals surface area (Å²) in [5.41, 5.74) is 0.836. The van der Waals surface area contributed by atoms with E-state index in [0.717, 1.165) is 19.3 Å². The standard InChI is InChI=1S/C21H23ClN2O3S/c1-2-13-24(18-9-5-3-6-10-18)28(26,27)20-16-17(11-12-19(20)22)21(25)23-14-7-4-8-15-23/h2-3,5-6,9-12,16H,1,4,7-8,13-15H2. The summed E-state index contributed by atoms with van der Waals surface area (Å²) in [7, 11) is -3.97. The molecule has 0 radical (unpaired) electrons. The van der Waals surface area contributed by atoms with Crippen LogP contribution >= 0.6 is 11.6 Å². The summed E-state index contributed by atoms with van der Waals surface area (Å²) in [6.45, 7) is 5.13. The van der Waals surface area contributed by atoms with Crippen molar-refractivity contribution in [2.75, 3.05) is 23.9 Å². The van der Waals surface area contributed by atoms with Gasteiger partial charge in [-0.25, -0.2) is 8.42 Å². The molecule has 1 fully saturated rings. The molecule has 148 valence electrons. The highest BCUT2D eigenvalue weighted by atomic mass is 35.5. The van der Waals surface area contributed by atoms with E-state index in [9.17, 15) is 13.2 Å². The second-order valence-corrected chi connectivity index (χ2v) is 8.90. The van der Waals surface area contributed by atoms with E-state index in [1.807, 2.05) is 6.07 Å². The first-order valence-electron chi connectivity index (χ1n) is 9.22. The fourth-order valence-electron chi connectivity index (χ4n) is 3.29. The molecular formula is C21H23ClN2O3S. The number of nitrogens with zero attached hydrogens (tertiary/aromatic N) is 2. The molecule has 3 rings (SSSR count). The summed E-state index contributed by atoms with van der Waals surface area (Å²) in [6.07, 6.45) is 4.55.